The van der Waals surface area contributed by atoms with Gasteiger partial charge in [-0.3, -0.25) is 39.4 Å². The number of piperidine rings is 2. The first-order valence-electron chi connectivity index (χ1n) is 12.4. The Bertz CT molecular complexity index is 1530. The summed E-state index contributed by atoms with van der Waals surface area (Å²) in [5, 5.41) is 22.0. The molecule has 2 N–H and O–H groups in total. The van der Waals surface area contributed by atoms with E-state index in [1.54, 1.807) is 30.3 Å². The number of hydrogen-bond acceptors (Lipinski definition) is 8. The molecule has 6 rings (SSSR count). The molecule has 4 aliphatic heterocycles. The summed E-state index contributed by atoms with van der Waals surface area (Å²) >= 11 is 0. The van der Waals surface area contributed by atoms with Gasteiger partial charge in [0, 0.05) is 48.2 Å². The van der Waals surface area contributed by atoms with Crippen LogP contribution < -0.4 is 10.6 Å². The summed E-state index contributed by atoms with van der Waals surface area (Å²) in [6, 6.07) is 7.83. The summed E-state index contributed by atoms with van der Waals surface area (Å²) in [6.07, 6.45) is 0.622. The summed E-state index contributed by atoms with van der Waals surface area (Å²) in [5.74, 6) is -2.79. The Balaban J connectivity index is 1.29. The number of fused-ring (bicyclic) bond motifs is 2. The molecule has 2 aromatic carbocycles. The van der Waals surface area contributed by atoms with Gasteiger partial charge in [-0.25, -0.2) is 0 Å². The molecule has 2 atom stereocenters. The molecule has 4 heterocycles. The fourth-order valence-electron chi connectivity index (χ4n) is 5.57. The molecule has 0 saturated carbocycles. The van der Waals surface area contributed by atoms with Gasteiger partial charge in [-0.1, -0.05) is 18.2 Å². The van der Waals surface area contributed by atoms with Crippen LogP contribution in [0.25, 0.3) is 0 Å². The highest BCUT2D eigenvalue weighted by Crippen LogP contribution is 2.37. The van der Waals surface area contributed by atoms with Gasteiger partial charge in [0.2, 0.25) is 23.6 Å². The predicted octanol–water partition coefficient (Wildman–Crippen LogP) is 1.13. The third-order valence-corrected chi connectivity index (χ3v) is 7.49. The van der Waals surface area contributed by atoms with Gasteiger partial charge in [0.15, 0.2) is 0 Å². The third kappa shape index (κ3) is 4.02. The van der Waals surface area contributed by atoms with Crippen LogP contribution in [-0.4, -0.2) is 62.2 Å². The normalized spacial score (nSPS) is 23.1. The zero-order valence-corrected chi connectivity index (χ0v) is 20.5. The lowest BCUT2D eigenvalue weighted by atomic mass is 10.0. The van der Waals surface area contributed by atoms with Crippen molar-refractivity contribution < 1.29 is 33.6 Å². The average Bonchev–Trinajstić information content (AvgIpc) is 3.41. The Morgan fingerprint density at radius 3 is 2.05 bits per heavy atom. The van der Waals surface area contributed by atoms with E-state index in [-0.39, 0.29) is 61.6 Å². The Labute approximate surface area is 221 Å². The van der Waals surface area contributed by atoms with E-state index in [0.29, 0.717) is 21.6 Å². The van der Waals surface area contributed by atoms with Gasteiger partial charge >= 0.3 is 0 Å². The average molecular weight is 530 g/mol. The van der Waals surface area contributed by atoms with Gasteiger partial charge < -0.3 is 15.0 Å². The lowest BCUT2D eigenvalue weighted by Crippen LogP contribution is -2.52. The van der Waals surface area contributed by atoms with Crippen LogP contribution >= 0.6 is 0 Å². The van der Waals surface area contributed by atoms with E-state index in [4.69, 9.17) is 0 Å². The Kier molecular flexibility index (Phi) is 5.70. The van der Waals surface area contributed by atoms with Crippen LogP contribution in [0.5, 0.6) is 0 Å². The van der Waals surface area contributed by atoms with E-state index in [2.05, 4.69) is 15.7 Å². The minimum absolute atomic E-state index is 0.0174. The van der Waals surface area contributed by atoms with E-state index < -0.39 is 41.6 Å². The fourth-order valence-corrected chi connectivity index (χ4v) is 5.57. The summed E-state index contributed by atoms with van der Waals surface area (Å²) in [5.41, 5.74) is 1.61. The molecular formula is C26H22N6O7. The number of benzene rings is 2. The summed E-state index contributed by atoms with van der Waals surface area (Å²) in [7, 11) is 0. The topological polar surface area (TPSA) is 171 Å². The Morgan fingerprint density at radius 1 is 0.795 bits per heavy atom. The van der Waals surface area contributed by atoms with Crippen molar-refractivity contribution >= 4 is 46.8 Å². The molecule has 2 unspecified atom stereocenters. The number of imide groups is 2. The molecule has 39 heavy (non-hydrogen) atoms. The highest BCUT2D eigenvalue weighted by atomic mass is 16.5. The SMILES string of the molecule is O=C1CCC(N2Cc3c(N=[N+]([O-])c4cccc5c4C(=O)N(C4CCC(=O)NC4=O)C5)cccc3C2=O)C(=O)N1. The zero-order valence-electron chi connectivity index (χ0n) is 20.5. The third-order valence-electron chi connectivity index (χ3n) is 7.49. The van der Waals surface area contributed by atoms with E-state index in [1.807, 2.05) is 0 Å². The summed E-state index contributed by atoms with van der Waals surface area (Å²) in [4.78, 5) is 77.3. The first-order chi connectivity index (χ1) is 18.7. The minimum atomic E-state index is -0.825. The van der Waals surface area contributed by atoms with Crippen LogP contribution in [0.15, 0.2) is 41.5 Å². The maximum Gasteiger partial charge on any atom is 0.262 e. The van der Waals surface area contributed by atoms with Crippen molar-refractivity contribution in [2.24, 2.45) is 5.11 Å². The molecule has 2 aromatic rings. The van der Waals surface area contributed by atoms with Gasteiger partial charge in [0.05, 0.1) is 0 Å². The first kappa shape index (κ1) is 24.4. The van der Waals surface area contributed by atoms with Crippen molar-refractivity contribution in [1.82, 2.24) is 20.4 Å². The van der Waals surface area contributed by atoms with E-state index in [9.17, 15) is 34.0 Å². The fraction of sp³-hybridized carbons (Fsp3) is 0.308. The van der Waals surface area contributed by atoms with Crippen LogP contribution in [0.4, 0.5) is 11.4 Å². The second-order valence-corrected chi connectivity index (χ2v) is 9.79. The van der Waals surface area contributed by atoms with Crippen molar-refractivity contribution in [3.8, 4) is 0 Å². The van der Waals surface area contributed by atoms with Crippen molar-refractivity contribution in [2.45, 2.75) is 50.9 Å². The number of hydrogen-bond donors (Lipinski definition) is 2. The van der Waals surface area contributed by atoms with Crippen molar-refractivity contribution in [3.05, 3.63) is 63.9 Å². The number of carbonyl (C=O) groups excluding carboxylic acids is 6. The Hall–Kier alpha value is -4.94. The molecule has 6 amide bonds. The van der Waals surface area contributed by atoms with Crippen molar-refractivity contribution in [2.75, 3.05) is 0 Å². The largest absolute Gasteiger partial charge is 0.594 e. The van der Waals surface area contributed by atoms with Crippen LogP contribution in [0.2, 0.25) is 0 Å². The van der Waals surface area contributed by atoms with E-state index in [0.717, 1.165) is 0 Å². The highest BCUT2D eigenvalue weighted by molar-refractivity contribution is 6.07. The van der Waals surface area contributed by atoms with Crippen LogP contribution in [-0.2, 0) is 32.3 Å². The number of rotatable bonds is 4. The summed E-state index contributed by atoms with van der Waals surface area (Å²) < 4.78 is 0. The zero-order chi connectivity index (χ0) is 27.4. The molecule has 13 heteroatoms. The van der Waals surface area contributed by atoms with Crippen molar-refractivity contribution in [3.63, 3.8) is 0 Å². The lowest BCUT2D eigenvalue weighted by Gasteiger charge is -2.29. The lowest BCUT2D eigenvalue weighted by molar-refractivity contribution is -0.435. The van der Waals surface area contributed by atoms with E-state index in [1.165, 1.54) is 15.9 Å². The quantitative estimate of drug-likeness (QED) is 0.258. The standard InChI is InChI=1S/C26H22N6O7/c33-20-9-7-18(23(35)27-20)30-11-13-3-1-6-17(22(13)26(30)38)32(39)29-16-5-2-4-14-15(16)12-31(25(14)37)19-8-10-21(34)28-24(19)36/h1-6,18-19H,7-12H2,(H,27,33,35)(H,28,34,36). The molecule has 0 spiro atoms. The number of nitrogens with zero attached hydrogens (tertiary/aromatic N) is 4. The smallest absolute Gasteiger partial charge is 0.262 e. The molecule has 0 aliphatic carbocycles. The summed E-state index contributed by atoms with van der Waals surface area (Å²) in [6.45, 7) is 0.140. The van der Waals surface area contributed by atoms with Gasteiger partial charge in [-0.15, -0.1) is 0 Å². The predicted molar refractivity (Wildman–Crippen MR) is 130 cm³/mol. The maximum absolute atomic E-state index is 13.3. The van der Waals surface area contributed by atoms with Gasteiger partial charge in [0.1, 0.15) is 23.3 Å². The van der Waals surface area contributed by atoms with Crippen LogP contribution in [0.3, 0.4) is 0 Å². The maximum atomic E-state index is 13.3. The number of nitrogens with one attached hydrogen (secondary N) is 2. The first-order valence-corrected chi connectivity index (χ1v) is 12.4. The molecule has 0 aromatic heterocycles. The second kappa shape index (κ2) is 9.11. The molecule has 2 fully saturated rings. The molecule has 198 valence electrons. The minimum Gasteiger partial charge on any atom is -0.594 e. The van der Waals surface area contributed by atoms with Gasteiger partial charge in [0.25, 0.3) is 17.5 Å². The second-order valence-electron chi connectivity index (χ2n) is 9.79. The number of amides is 6. The van der Waals surface area contributed by atoms with Crippen LogP contribution in [0, 0.1) is 5.21 Å². The molecule has 13 nitrogen and oxygen atoms in total. The molecule has 0 bridgehead atoms. The van der Waals surface area contributed by atoms with Gasteiger partial charge in [-0.05, 0) is 35.4 Å². The van der Waals surface area contributed by atoms with Crippen LogP contribution in [0.1, 0.15) is 57.5 Å². The molecule has 0 radical (unpaired) electrons. The number of carbonyl (C=O) groups is 6. The molecular weight excluding hydrogens is 508 g/mol. The Morgan fingerprint density at radius 2 is 1.41 bits per heavy atom. The van der Waals surface area contributed by atoms with E-state index >= 15 is 0 Å². The van der Waals surface area contributed by atoms with Gasteiger partial charge in [-0.2, -0.15) is 0 Å². The monoisotopic (exact) mass is 530 g/mol. The molecule has 2 saturated heterocycles. The van der Waals surface area contributed by atoms with Crippen molar-refractivity contribution in [1.29, 1.82) is 0 Å². The highest BCUT2D eigenvalue weighted by Gasteiger charge is 2.43. The number of azo groups is 1. The molecule has 4 aliphatic rings.